The third kappa shape index (κ3) is 12.3. The summed E-state index contributed by atoms with van der Waals surface area (Å²) in [7, 11) is 6.16. The number of hydrogen-bond acceptors (Lipinski definition) is 10. The number of nitrogens with zero attached hydrogens (tertiary/aromatic N) is 4. The number of cyclic esters (lactones) is 1. The largest absolute Gasteiger partial charge is 0.497 e. The summed E-state index contributed by atoms with van der Waals surface area (Å²) < 4.78 is 11.5. The van der Waals surface area contributed by atoms with Crippen molar-refractivity contribution in [2.45, 2.75) is 137 Å². The summed E-state index contributed by atoms with van der Waals surface area (Å²) in [6, 6.07) is 2.92. The molecule has 13 nitrogen and oxygen atoms in total. The van der Waals surface area contributed by atoms with E-state index >= 15 is 0 Å². The van der Waals surface area contributed by atoms with E-state index < -0.39 is 71.4 Å². The zero-order valence-electron chi connectivity index (χ0n) is 37.2. The van der Waals surface area contributed by atoms with Crippen LogP contribution >= 0.6 is 11.8 Å². The molecule has 14 heteroatoms. The zero-order chi connectivity index (χ0) is 43.8. The summed E-state index contributed by atoms with van der Waals surface area (Å²) in [5.41, 5.74) is 0.726. The van der Waals surface area contributed by atoms with E-state index in [9.17, 15) is 29.1 Å². The first-order valence-corrected chi connectivity index (χ1v) is 21.5. The van der Waals surface area contributed by atoms with Gasteiger partial charge in [-0.15, -0.1) is 11.8 Å². The minimum absolute atomic E-state index is 0.0182. The van der Waals surface area contributed by atoms with Crippen molar-refractivity contribution in [1.82, 2.24) is 20.0 Å². The van der Waals surface area contributed by atoms with Crippen molar-refractivity contribution >= 4 is 46.4 Å². The summed E-state index contributed by atoms with van der Waals surface area (Å²) in [6.45, 7) is 18.7. The molecule has 58 heavy (non-hydrogen) atoms. The Morgan fingerprint density at radius 3 is 2.10 bits per heavy atom. The van der Waals surface area contributed by atoms with Crippen LogP contribution in [0.1, 0.15) is 94.1 Å². The molecule has 0 saturated carbocycles. The third-order valence-electron chi connectivity index (χ3n) is 11.9. The second kappa shape index (κ2) is 20.9. The maximum Gasteiger partial charge on any atom is 0.328 e. The maximum atomic E-state index is 14.3. The van der Waals surface area contributed by atoms with Crippen LogP contribution in [-0.4, -0.2) is 131 Å². The molecule has 0 spiro atoms. The standard InChI is InChI=1S/C44H69N5O8S/c1-15-26(3)37-42(54)48(12)30(7)43(55)57-36(44(8,9)10)21-25(2)20-35(50)28(5)39-45-32(24-58-39)22-27(4)38(51)46-34(23-31-16-18-33(56-14)19-17-31)41(53)47(11)29(6)40(52)49(37)13/h16-19,22,25-26,28-30,32,34-37,50H,15,20-21,23-24H2,1-14H3,(H,46,51)/t25-,26-,28-,29-,30-,32?,34-,35-,36-,37-/m0/s1. The highest BCUT2D eigenvalue weighted by atomic mass is 32.2. The Morgan fingerprint density at radius 1 is 0.931 bits per heavy atom. The number of ether oxygens (including phenoxy) is 2. The number of likely N-dealkylation sites (N-methyl/N-ethyl adjacent to an activating group) is 3. The molecule has 0 radical (unpaired) electrons. The van der Waals surface area contributed by atoms with Crippen molar-refractivity contribution in [3.8, 4) is 5.75 Å². The first-order chi connectivity index (χ1) is 27.0. The van der Waals surface area contributed by atoms with Crippen LogP contribution in [0.25, 0.3) is 0 Å². The van der Waals surface area contributed by atoms with Crippen molar-refractivity contribution in [2.24, 2.45) is 28.2 Å². The van der Waals surface area contributed by atoms with E-state index in [2.05, 4.69) is 5.32 Å². The van der Waals surface area contributed by atoms with Gasteiger partial charge in [-0.2, -0.15) is 0 Å². The second-order valence-electron chi connectivity index (χ2n) is 17.5. The molecule has 2 N–H and O–H groups in total. The van der Waals surface area contributed by atoms with E-state index in [1.165, 1.54) is 28.8 Å². The predicted molar refractivity (Wildman–Crippen MR) is 229 cm³/mol. The molecule has 1 aromatic carbocycles. The van der Waals surface area contributed by atoms with E-state index in [4.69, 9.17) is 14.5 Å². The number of carbonyl (C=O) groups excluding carboxylic acids is 5. The second-order valence-corrected chi connectivity index (χ2v) is 18.6. The number of hydrogen-bond donors (Lipinski definition) is 2. The number of fused-ring (bicyclic) bond motifs is 1. The molecular formula is C44H69N5O8S. The van der Waals surface area contributed by atoms with Crippen LogP contribution in [0, 0.1) is 23.2 Å². The van der Waals surface area contributed by atoms with Crippen LogP contribution in [0.2, 0.25) is 0 Å². The van der Waals surface area contributed by atoms with Crippen LogP contribution < -0.4 is 10.1 Å². The van der Waals surface area contributed by atoms with Crippen molar-refractivity contribution < 1.29 is 38.6 Å². The van der Waals surface area contributed by atoms with Crippen LogP contribution in [-0.2, 0) is 35.1 Å². The van der Waals surface area contributed by atoms with Gasteiger partial charge in [-0.3, -0.25) is 24.2 Å². The van der Waals surface area contributed by atoms with E-state index in [0.717, 1.165) is 10.6 Å². The average molecular weight is 828 g/mol. The summed E-state index contributed by atoms with van der Waals surface area (Å²) in [5.74, 6) is -1.72. The average Bonchev–Trinajstić information content (AvgIpc) is 3.65. The Balaban J connectivity index is 2.08. The van der Waals surface area contributed by atoms with Gasteiger partial charge < -0.3 is 34.6 Å². The number of amides is 4. The molecule has 2 bridgehead atoms. The number of esters is 1. The fourth-order valence-electron chi connectivity index (χ4n) is 7.24. The number of carbonyl (C=O) groups is 5. The monoisotopic (exact) mass is 827 g/mol. The normalized spacial score (nSPS) is 30.2. The Kier molecular flexibility index (Phi) is 17.4. The van der Waals surface area contributed by atoms with Gasteiger partial charge in [0, 0.05) is 44.8 Å². The molecular weight excluding hydrogens is 759 g/mol. The van der Waals surface area contributed by atoms with Gasteiger partial charge >= 0.3 is 5.97 Å². The van der Waals surface area contributed by atoms with Crippen molar-refractivity contribution in [3.63, 3.8) is 0 Å². The quantitative estimate of drug-likeness (QED) is 0.384. The fraction of sp³-hybridized carbons (Fsp3) is 0.682. The highest BCUT2D eigenvalue weighted by Crippen LogP contribution is 2.33. The molecule has 1 unspecified atom stereocenters. The molecule has 0 fully saturated rings. The molecule has 3 rings (SSSR count). The van der Waals surface area contributed by atoms with Crippen molar-refractivity contribution in [2.75, 3.05) is 34.0 Å². The molecule has 0 saturated heterocycles. The van der Waals surface area contributed by atoms with Crippen LogP contribution in [0.4, 0.5) is 0 Å². The zero-order valence-corrected chi connectivity index (χ0v) is 38.0. The maximum absolute atomic E-state index is 14.3. The van der Waals surface area contributed by atoms with Gasteiger partial charge in [-0.25, -0.2) is 4.79 Å². The number of methoxy groups -OCH3 is 1. The van der Waals surface area contributed by atoms with Crippen molar-refractivity contribution in [3.05, 3.63) is 41.5 Å². The Labute approximate surface area is 350 Å². The number of aliphatic hydroxyl groups excluding tert-OH is 1. The number of rotatable bonds is 5. The molecule has 2 aliphatic heterocycles. The number of aliphatic imine (C=N–C) groups is 1. The van der Waals surface area contributed by atoms with Gasteiger partial charge in [-0.05, 0) is 68.6 Å². The number of benzene rings is 1. The Hall–Kier alpha value is -3.91. The van der Waals surface area contributed by atoms with Gasteiger partial charge in [0.25, 0.3) is 0 Å². The van der Waals surface area contributed by atoms with Crippen LogP contribution in [0.3, 0.4) is 0 Å². The molecule has 324 valence electrons. The van der Waals surface area contributed by atoms with Gasteiger partial charge in [0.15, 0.2) is 0 Å². The topological polar surface area (TPSA) is 158 Å². The number of nitrogens with one attached hydrogen (secondary N) is 1. The SMILES string of the molecule is CC[C@H](C)[C@H]1C(=O)N(C)[C@@H](C)C(=O)O[C@H](C(C)(C)C)C[C@@H](C)C[C@H](O)[C@H](C)C2=NC(C=C(C)C(=O)N[C@@H](Cc3ccc(OC)cc3)C(=O)N(C)[C@@H](C)C(=O)N1C)CS2. The molecule has 1 aromatic rings. The van der Waals surface area contributed by atoms with Gasteiger partial charge in [0.2, 0.25) is 23.6 Å². The summed E-state index contributed by atoms with van der Waals surface area (Å²) in [5, 5.41) is 15.1. The van der Waals surface area contributed by atoms with Gasteiger partial charge in [0.05, 0.1) is 24.3 Å². The fourth-order valence-corrected chi connectivity index (χ4v) is 8.38. The summed E-state index contributed by atoms with van der Waals surface area (Å²) >= 11 is 1.55. The van der Waals surface area contributed by atoms with E-state index in [1.807, 2.05) is 60.6 Å². The number of aliphatic hydroxyl groups is 1. The lowest BCUT2D eigenvalue weighted by Gasteiger charge is -2.39. The highest BCUT2D eigenvalue weighted by molar-refractivity contribution is 8.14. The lowest BCUT2D eigenvalue weighted by atomic mass is 9.81. The van der Waals surface area contributed by atoms with E-state index in [1.54, 1.807) is 64.9 Å². The third-order valence-corrected chi connectivity index (χ3v) is 13.2. The van der Waals surface area contributed by atoms with Crippen molar-refractivity contribution in [1.29, 1.82) is 0 Å². The van der Waals surface area contributed by atoms with Crippen LogP contribution in [0.5, 0.6) is 5.75 Å². The molecule has 4 amide bonds. The van der Waals surface area contributed by atoms with Gasteiger partial charge in [-0.1, -0.05) is 73.1 Å². The first kappa shape index (κ1) is 48.5. The molecule has 0 aromatic heterocycles. The Morgan fingerprint density at radius 2 is 1.53 bits per heavy atom. The molecule has 2 heterocycles. The smallest absolute Gasteiger partial charge is 0.328 e. The minimum Gasteiger partial charge on any atom is -0.497 e. The van der Waals surface area contributed by atoms with E-state index in [0.29, 0.717) is 36.3 Å². The molecule has 0 aliphatic carbocycles. The predicted octanol–water partition coefficient (Wildman–Crippen LogP) is 5.13. The van der Waals surface area contributed by atoms with Gasteiger partial charge in [0.1, 0.15) is 36.0 Å². The first-order valence-electron chi connectivity index (χ1n) is 20.5. The lowest BCUT2D eigenvalue weighted by Crippen LogP contribution is -2.59. The Bertz CT molecular complexity index is 1680. The summed E-state index contributed by atoms with van der Waals surface area (Å²) in [6.07, 6.45) is 2.23. The van der Waals surface area contributed by atoms with Crippen LogP contribution in [0.15, 0.2) is 40.9 Å². The molecule has 10 atom stereocenters. The molecule has 2 aliphatic rings. The summed E-state index contributed by atoms with van der Waals surface area (Å²) in [4.78, 5) is 79.3. The highest BCUT2D eigenvalue weighted by Gasteiger charge is 2.41. The lowest BCUT2D eigenvalue weighted by molar-refractivity contribution is -0.166. The minimum atomic E-state index is -1.04. The van der Waals surface area contributed by atoms with E-state index in [-0.39, 0.29) is 30.2 Å². The number of thioether (sulfide) groups is 1.